The van der Waals surface area contributed by atoms with Crippen LogP contribution in [0.4, 0.5) is 0 Å². The van der Waals surface area contributed by atoms with Gasteiger partial charge in [0, 0.05) is 5.56 Å². The van der Waals surface area contributed by atoms with Gasteiger partial charge in [-0.3, -0.25) is 4.79 Å². The lowest BCUT2D eigenvalue weighted by atomic mass is 10.2. The maximum atomic E-state index is 13.3. The lowest BCUT2D eigenvalue weighted by Crippen LogP contribution is -2.20. The van der Waals surface area contributed by atoms with Crippen LogP contribution in [0.15, 0.2) is 81.1 Å². The first-order valence-corrected chi connectivity index (χ1v) is 11.0. The van der Waals surface area contributed by atoms with Crippen LogP contribution in [0, 0.1) is 11.3 Å². The Morgan fingerprint density at radius 3 is 2.64 bits per heavy atom. The van der Waals surface area contributed by atoms with Crippen LogP contribution in [0.5, 0.6) is 11.5 Å². The van der Waals surface area contributed by atoms with E-state index in [1.807, 2.05) is 55.5 Å². The van der Waals surface area contributed by atoms with E-state index in [1.165, 1.54) is 4.68 Å². The minimum atomic E-state index is -0.270. The first-order valence-electron chi connectivity index (χ1n) is 10.2. The van der Waals surface area contributed by atoms with Crippen molar-refractivity contribution < 1.29 is 9.47 Å². The van der Waals surface area contributed by atoms with Crippen LogP contribution in [-0.4, -0.2) is 29.1 Å². The molecule has 7 nitrogen and oxygen atoms in total. The van der Waals surface area contributed by atoms with Crippen LogP contribution in [0.3, 0.4) is 0 Å². The zero-order valence-electron chi connectivity index (χ0n) is 17.7. The van der Waals surface area contributed by atoms with Crippen molar-refractivity contribution in [2.24, 2.45) is 5.10 Å². The molecule has 3 aromatic carbocycles. The number of fused-ring (bicyclic) bond motifs is 1. The summed E-state index contributed by atoms with van der Waals surface area (Å²) in [6.07, 6.45) is 1.56. The monoisotopic (exact) mass is 502 g/mol. The molecule has 0 saturated heterocycles. The van der Waals surface area contributed by atoms with Crippen molar-refractivity contribution in [1.29, 1.82) is 5.26 Å². The van der Waals surface area contributed by atoms with Gasteiger partial charge in [0.05, 0.1) is 28.2 Å². The largest absolute Gasteiger partial charge is 0.490 e. The Morgan fingerprint density at radius 1 is 1.12 bits per heavy atom. The summed E-state index contributed by atoms with van der Waals surface area (Å²) in [6, 6.07) is 22.1. The molecule has 0 unspecified atom stereocenters. The topological polar surface area (TPSA) is 89.5 Å². The maximum absolute atomic E-state index is 13.3. The normalized spacial score (nSPS) is 10.9. The highest BCUT2D eigenvalue weighted by Crippen LogP contribution is 2.36. The quantitative estimate of drug-likeness (QED) is 0.331. The molecular formula is C25H19BrN4O3. The van der Waals surface area contributed by atoms with Crippen LogP contribution >= 0.6 is 15.9 Å². The molecule has 0 N–H and O–H groups in total. The van der Waals surface area contributed by atoms with Gasteiger partial charge < -0.3 is 9.47 Å². The van der Waals surface area contributed by atoms with Crippen molar-refractivity contribution in [3.8, 4) is 29.0 Å². The average molecular weight is 503 g/mol. The van der Waals surface area contributed by atoms with Crippen molar-refractivity contribution in [3.05, 3.63) is 87.1 Å². The predicted molar refractivity (Wildman–Crippen MR) is 131 cm³/mol. The fourth-order valence-electron chi connectivity index (χ4n) is 3.30. The molecule has 4 rings (SSSR count). The molecule has 0 bridgehead atoms. The van der Waals surface area contributed by atoms with Gasteiger partial charge in [0.15, 0.2) is 23.9 Å². The fraction of sp³-hybridized carbons (Fsp3) is 0.120. The van der Waals surface area contributed by atoms with Crippen LogP contribution in [0.1, 0.15) is 12.5 Å². The highest BCUT2D eigenvalue weighted by Gasteiger charge is 2.14. The van der Waals surface area contributed by atoms with Gasteiger partial charge in [-0.2, -0.15) is 15.0 Å². The third kappa shape index (κ3) is 4.78. The number of para-hydroxylation sites is 1. The lowest BCUT2D eigenvalue weighted by molar-refractivity contribution is 0.297. The third-order valence-electron chi connectivity index (χ3n) is 4.72. The van der Waals surface area contributed by atoms with Crippen LogP contribution in [-0.2, 0) is 0 Å². The Balaban J connectivity index is 1.84. The summed E-state index contributed by atoms with van der Waals surface area (Å²) in [6.45, 7) is 2.17. The Kier molecular flexibility index (Phi) is 6.81. The number of rotatable bonds is 7. The Morgan fingerprint density at radius 2 is 1.88 bits per heavy atom. The summed E-state index contributed by atoms with van der Waals surface area (Å²) in [5.41, 5.74) is 1.78. The molecule has 1 heterocycles. The van der Waals surface area contributed by atoms with Crippen LogP contribution in [0.25, 0.3) is 22.3 Å². The van der Waals surface area contributed by atoms with Gasteiger partial charge in [-0.15, -0.1) is 0 Å². The molecule has 0 amide bonds. The summed E-state index contributed by atoms with van der Waals surface area (Å²) < 4.78 is 13.1. The van der Waals surface area contributed by atoms with Gasteiger partial charge in [-0.05, 0) is 52.7 Å². The molecule has 4 aromatic rings. The van der Waals surface area contributed by atoms with Gasteiger partial charge >= 0.3 is 0 Å². The first-order chi connectivity index (χ1) is 16.1. The molecule has 0 fully saturated rings. The number of aromatic nitrogens is 2. The second-order valence-electron chi connectivity index (χ2n) is 6.89. The summed E-state index contributed by atoms with van der Waals surface area (Å²) in [7, 11) is 0. The molecule has 0 aliphatic heterocycles. The number of ether oxygens (including phenoxy) is 2. The molecule has 0 aliphatic carbocycles. The van der Waals surface area contributed by atoms with Crippen molar-refractivity contribution in [2.45, 2.75) is 6.92 Å². The summed E-state index contributed by atoms with van der Waals surface area (Å²) in [5.74, 6) is 1.34. The number of hydrogen-bond donors (Lipinski definition) is 0. The molecule has 1 aromatic heterocycles. The van der Waals surface area contributed by atoms with E-state index in [2.05, 4.69) is 21.0 Å². The van der Waals surface area contributed by atoms with Gasteiger partial charge in [0.25, 0.3) is 5.56 Å². The summed E-state index contributed by atoms with van der Waals surface area (Å²) >= 11 is 3.47. The van der Waals surface area contributed by atoms with E-state index >= 15 is 0 Å². The fourth-order valence-corrected chi connectivity index (χ4v) is 3.87. The van der Waals surface area contributed by atoms with Crippen molar-refractivity contribution in [3.63, 3.8) is 0 Å². The number of halogens is 1. The summed E-state index contributed by atoms with van der Waals surface area (Å²) in [4.78, 5) is 18.0. The van der Waals surface area contributed by atoms with E-state index in [0.29, 0.717) is 44.9 Å². The van der Waals surface area contributed by atoms with Crippen molar-refractivity contribution >= 4 is 33.0 Å². The van der Waals surface area contributed by atoms with E-state index in [4.69, 9.17) is 19.7 Å². The second kappa shape index (κ2) is 10.1. The highest BCUT2D eigenvalue weighted by molar-refractivity contribution is 9.10. The number of benzene rings is 3. The molecule has 33 heavy (non-hydrogen) atoms. The van der Waals surface area contributed by atoms with Crippen LogP contribution in [0.2, 0.25) is 0 Å². The average Bonchev–Trinajstić information content (AvgIpc) is 2.83. The molecule has 0 spiro atoms. The number of hydrogen-bond acceptors (Lipinski definition) is 6. The second-order valence-corrected chi connectivity index (χ2v) is 7.74. The van der Waals surface area contributed by atoms with E-state index in [1.54, 1.807) is 30.5 Å². The van der Waals surface area contributed by atoms with E-state index < -0.39 is 0 Å². The van der Waals surface area contributed by atoms with Gasteiger partial charge in [-0.25, -0.2) is 4.98 Å². The standard InChI is InChI=1S/C25H19BrN4O3/c1-2-32-22-15-17(14-20(26)23(22)33-13-12-27)16-28-30-24(18-8-4-3-5-9-18)29-21-11-7-6-10-19(21)25(30)31/h3-11,14-16H,2,13H2,1H3. The minimum Gasteiger partial charge on any atom is -0.490 e. The zero-order valence-corrected chi connectivity index (χ0v) is 19.3. The Hall–Kier alpha value is -3.96. The Labute approximate surface area is 198 Å². The van der Waals surface area contributed by atoms with Crippen molar-refractivity contribution in [1.82, 2.24) is 9.66 Å². The van der Waals surface area contributed by atoms with E-state index in [9.17, 15) is 4.79 Å². The van der Waals surface area contributed by atoms with E-state index in [0.717, 1.165) is 5.56 Å². The molecule has 164 valence electrons. The molecular weight excluding hydrogens is 484 g/mol. The molecule has 0 atom stereocenters. The first kappa shape index (κ1) is 22.2. The Bertz CT molecular complexity index is 1430. The van der Waals surface area contributed by atoms with E-state index in [-0.39, 0.29) is 12.2 Å². The molecule has 8 heteroatoms. The van der Waals surface area contributed by atoms with Gasteiger partial charge in [0.2, 0.25) is 0 Å². The highest BCUT2D eigenvalue weighted by atomic mass is 79.9. The predicted octanol–water partition coefficient (Wildman–Crippen LogP) is 5.01. The SMILES string of the molecule is CCOc1cc(C=Nn2c(-c3ccccc3)nc3ccccc3c2=O)cc(Br)c1OCC#N. The zero-order chi connectivity index (χ0) is 23.2. The smallest absolute Gasteiger partial charge is 0.282 e. The molecule has 0 saturated carbocycles. The van der Waals surface area contributed by atoms with Crippen LogP contribution < -0.4 is 15.0 Å². The minimum absolute atomic E-state index is 0.106. The van der Waals surface area contributed by atoms with Crippen molar-refractivity contribution in [2.75, 3.05) is 13.2 Å². The van der Waals surface area contributed by atoms with Gasteiger partial charge in [-0.1, -0.05) is 42.5 Å². The molecule has 0 aliphatic rings. The number of nitriles is 1. The third-order valence-corrected chi connectivity index (χ3v) is 5.31. The van der Waals surface area contributed by atoms with Gasteiger partial charge in [0.1, 0.15) is 6.07 Å². The number of nitrogens with zero attached hydrogens (tertiary/aromatic N) is 4. The maximum Gasteiger partial charge on any atom is 0.282 e. The molecule has 0 radical (unpaired) electrons. The summed E-state index contributed by atoms with van der Waals surface area (Å²) in [5, 5.41) is 13.8. The lowest BCUT2D eigenvalue weighted by Gasteiger charge is -2.13.